The van der Waals surface area contributed by atoms with E-state index in [1.54, 1.807) is 18.7 Å². The van der Waals surface area contributed by atoms with Crippen LogP contribution >= 0.6 is 0 Å². The number of rotatable bonds is 5. The third-order valence-corrected chi connectivity index (χ3v) is 4.52. The lowest BCUT2D eigenvalue weighted by molar-refractivity contribution is -0.116. The van der Waals surface area contributed by atoms with E-state index < -0.39 is 0 Å². The van der Waals surface area contributed by atoms with E-state index in [0.29, 0.717) is 23.8 Å². The van der Waals surface area contributed by atoms with Gasteiger partial charge in [0, 0.05) is 25.3 Å². The van der Waals surface area contributed by atoms with Gasteiger partial charge in [0.25, 0.3) is 5.56 Å². The normalized spacial score (nSPS) is 11.6. The summed E-state index contributed by atoms with van der Waals surface area (Å²) in [5, 5.41) is 6.69. The van der Waals surface area contributed by atoms with Crippen LogP contribution in [0.25, 0.3) is 5.69 Å². The van der Waals surface area contributed by atoms with Crippen molar-refractivity contribution in [3.63, 3.8) is 0 Å². The molecule has 0 bridgehead atoms. The molecule has 0 unspecified atom stereocenters. The number of amides is 1. The second-order valence-electron chi connectivity index (χ2n) is 7.75. The average molecular weight is 383 g/mol. The first-order chi connectivity index (χ1) is 13.2. The summed E-state index contributed by atoms with van der Waals surface area (Å²) in [5.41, 5.74) is 1.20. The maximum atomic E-state index is 12.8. The average Bonchev–Trinajstić information content (AvgIpc) is 3.21. The Balaban J connectivity index is 1.73. The molecule has 1 amide bonds. The maximum absolute atomic E-state index is 12.8. The van der Waals surface area contributed by atoms with E-state index >= 15 is 0 Å². The Morgan fingerprint density at radius 3 is 2.50 bits per heavy atom. The number of aryl methyl sites for hydroxylation is 1. The van der Waals surface area contributed by atoms with Crippen LogP contribution < -0.4 is 10.9 Å². The molecule has 0 saturated heterocycles. The summed E-state index contributed by atoms with van der Waals surface area (Å²) in [7, 11) is 1.78. The minimum absolute atomic E-state index is 0.144. The number of carbonyl (C=O) groups is 1. The SMILES string of the molecule is Cc1c(NC(=O)CCc2nc(C(C)(C)C)no2)c(=O)n(-c2ccccc2)n1C. The van der Waals surface area contributed by atoms with Crippen LogP contribution in [-0.4, -0.2) is 25.4 Å². The van der Waals surface area contributed by atoms with Gasteiger partial charge in [-0.3, -0.25) is 14.3 Å². The molecule has 0 aliphatic rings. The fraction of sp³-hybridized carbons (Fsp3) is 0.400. The molecule has 2 heterocycles. The number of aromatic nitrogens is 4. The molecular formula is C20H25N5O3. The summed E-state index contributed by atoms with van der Waals surface area (Å²) in [4.78, 5) is 29.5. The molecule has 0 atom stereocenters. The van der Waals surface area contributed by atoms with Gasteiger partial charge in [0.05, 0.1) is 11.4 Å². The van der Waals surface area contributed by atoms with Crippen LogP contribution in [0.5, 0.6) is 0 Å². The van der Waals surface area contributed by atoms with Crippen molar-refractivity contribution < 1.29 is 9.32 Å². The molecule has 148 valence electrons. The highest BCUT2D eigenvalue weighted by atomic mass is 16.5. The molecule has 0 aliphatic carbocycles. The lowest BCUT2D eigenvalue weighted by Crippen LogP contribution is -2.23. The zero-order valence-corrected chi connectivity index (χ0v) is 16.8. The van der Waals surface area contributed by atoms with Crippen molar-refractivity contribution >= 4 is 11.6 Å². The highest BCUT2D eigenvalue weighted by Crippen LogP contribution is 2.19. The van der Waals surface area contributed by atoms with Crippen molar-refractivity contribution in [1.29, 1.82) is 0 Å². The minimum Gasteiger partial charge on any atom is -0.339 e. The zero-order chi connectivity index (χ0) is 20.5. The molecule has 0 fully saturated rings. The van der Waals surface area contributed by atoms with Gasteiger partial charge in [-0.05, 0) is 19.1 Å². The van der Waals surface area contributed by atoms with Crippen LogP contribution in [0.3, 0.4) is 0 Å². The Hall–Kier alpha value is -3.16. The van der Waals surface area contributed by atoms with Crippen molar-refractivity contribution in [1.82, 2.24) is 19.5 Å². The van der Waals surface area contributed by atoms with Crippen molar-refractivity contribution in [2.24, 2.45) is 7.05 Å². The van der Waals surface area contributed by atoms with Gasteiger partial charge >= 0.3 is 0 Å². The molecule has 3 rings (SSSR count). The summed E-state index contributed by atoms with van der Waals surface area (Å²) < 4.78 is 8.46. The van der Waals surface area contributed by atoms with E-state index in [4.69, 9.17) is 4.52 Å². The highest BCUT2D eigenvalue weighted by molar-refractivity contribution is 5.91. The molecule has 8 heteroatoms. The standard InChI is InChI=1S/C20H25N5O3/c1-13-17(18(27)25(24(13)5)14-9-7-6-8-10-14)21-15(26)11-12-16-22-19(23-28-16)20(2,3)4/h6-10H,11-12H2,1-5H3,(H,21,26). The Kier molecular flexibility index (Phi) is 5.22. The Morgan fingerprint density at radius 1 is 1.21 bits per heavy atom. The molecule has 8 nitrogen and oxygen atoms in total. The third kappa shape index (κ3) is 3.90. The van der Waals surface area contributed by atoms with E-state index in [-0.39, 0.29) is 29.0 Å². The van der Waals surface area contributed by atoms with Crippen molar-refractivity contribution in [3.8, 4) is 5.69 Å². The van der Waals surface area contributed by atoms with Gasteiger partial charge in [-0.2, -0.15) is 4.98 Å². The van der Waals surface area contributed by atoms with Gasteiger partial charge in [0.2, 0.25) is 11.8 Å². The number of hydrogen-bond donors (Lipinski definition) is 1. The van der Waals surface area contributed by atoms with Crippen LogP contribution in [0.1, 0.15) is 44.6 Å². The molecule has 28 heavy (non-hydrogen) atoms. The molecule has 0 saturated carbocycles. The van der Waals surface area contributed by atoms with Crippen LogP contribution in [0.2, 0.25) is 0 Å². The maximum Gasteiger partial charge on any atom is 0.295 e. The molecule has 3 aromatic rings. The van der Waals surface area contributed by atoms with Crippen molar-refractivity contribution in [2.75, 3.05) is 5.32 Å². The summed E-state index contributed by atoms with van der Waals surface area (Å²) in [6, 6.07) is 9.29. The largest absolute Gasteiger partial charge is 0.339 e. The zero-order valence-electron chi connectivity index (χ0n) is 16.8. The molecule has 1 N–H and O–H groups in total. The fourth-order valence-electron chi connectivity index (χ4n) is 2.80. The molecular weight excluding hydrogens is 358 g/mol. The van der Waals surface area contributed by atoms with Crippen molar-refractivity contribution in [2.45, 2.75) is 46.0 Å². The van der Waals surface area contributed by atoms with Gasteiger partial charge in [-0.25, -0.2) is 4.68 Å². The summed E-state index contributed by atoms with van der Waals surface area (Å²) in [5.74, 6) is 0.737. The summed E-state index contributed by atoms with van der Waals surface area (Å²) in [6.07, 6.45) is 0.457. The predicted octanol–water partition coefficient (Wildman–Crippen LogP) is 2.74. The number of anilines is 1. The van der Waals surface area contributed by atoms with E-state index in [2.05, 4.69) is 15.5 Å². The van der Waals surface area contributed by atoms with E-state index in [9.17, 15) is 9.59 Å². The number of nitrogens with one attached hydrogen (secondary N) is 1. The lowest BCUT2D eigenvalue weighted by Gasteiger charge is -2.10. The van der Waals surface area contributed by atoms with Gasteiger partial charge in [0.1, 0.15) is 5.69 Å². The predicted molar refractivity (Wildman–Crippen MR) is 106 cm³/mol. The highest BCUT2D eigenvalue weighted by Gasteiger charge is 2.22. The molecule has 1 aromatic carbocycles. The number of para-hydroxylation sites is 1. The van der Waals surface area contributed by atoms with Crippen LogP contribution in [0.4, 0.5) is 5.69 Å². The van der Waals surface area contributed by atoms with E-state index in [0.717, 1.165) is 5.69 Å². The van der Waals surface area contributed by atoms with Gasteiger partial charge in [0.15, 0.2) is 5.82 Å². The smallest absolute Gasteiger partial charge is 0.295 e. The Morgan fingerprint density at radius 2 is 1.89 bits per heavy atom. The first-order valence-corrected chi connectivity index (χ1v) is 9.15. The molecule has 0 aliphatic heterocycles. The van der Waals surface area contributed by atoms with Crippen LogP contribution in [0.15, 0.2) is 39.6 Å². The summed E-state index contributed by atoms with van der Waals surface area (Å²) >= 11 is 0. The van der Waals surface area contributed by atoms with Crippen molar-refractivity contribution in [3.05, 3.63) is 58.1 Å². The third-order valence-electron chi connectivity index (χ3n) is 4.52. The first-order valence-electron chi connectivity index (χ1n) is 9.15. The first kappa shape index (κ1) is 19.6. The topological polar surface area (TPSA) is 95.0 Å². The lowest BCUT2D eigenvalue weighted by atomic mass is 9.96. The molecule has 0 spiro atoms. The van der Waals surface area contributed by atoms with Crippen LogP contribution in [0, 0.1) is 6.92 Å². The Bertz CT molecular complexity index is 1040. The molecule has 0 radical (unpaired) electrons. The number of carbonyl (C=O) groups excluding carboxylic acids is 1. The quantitative estimate of drug-likeness (QED) is 0.731. The Labute approximate surface area is 163 Å². The van der Waals surface area contributed by atoms with E-state index in [1.165, 1.54) is 4.68 Å². The fourth-order valence-corrected chi connectivity index (χ4v) is 2.80. The van der Waals surface area contributed by atoms with Gasteiger partial charge in [-0.15, -0.1) is 0 Å². The second kappa shape index (κ2) is 7.46. The molecule has 2 aromatic heterocycles. The second-order valence-corrected chi connectivity index (χ2v) is 7.75. The number of hydrogen-bond acceptors (Lipinski definition) is 5. The van der Waals surface area contributed by atoms with Gasteiger partial charge < -0.3 is 9.84 Å². The van der Waals surface area contributed by atoms with E-state index in [1.807, 2.05) is 51.1 Å². The van der Waals surface area contributed by atoms with Gasteiger partial charge in [-0.1, -0.05) is 44.1 Å². The van der Waals surface area contributed by atoms with Crippen LogP contribution in [-0.2, 0) is 23.7 Å². The number of benzene rings is 1. The minimum atomic E-state index is -0.276. The summed E-state index contributed by atoms with van der Waals surface area (Å²) in [6.45, 7) is 7.77. The number of nitrogens with zero attached hydrogens (tertiary/aromatic N) is 4. The monoisotopic (exact) mass is 383 g/mol.